The molecule has 0 spiro atoms. The Morgan fingerprint density at radius 1 is 1.35 bits per heavy atom. The molecule has 0 bridgehead atoms. The van der Waals surface area contributed by atoms with E-state index in [0.29, 0.717) is 0 Å². The Morgan fingerprint density at radius 2 is 1.94 bits per heavy atom. The van der Waals surface area contributed by atoms with E-state index in [9.17, 15) is 13.6 Å². The van der Waals surface area contributed by atoms with E-state index in [2.05, 4.69) is 5.32 Å². The van der Waals surface area contributed by atoms with Gasteiger partial charge in [-0.2, -0.15) is 0 Å². The Labute approximate surface area is 105 Å². The fourth-order valence-corrected chi connectivity index (χ4v) is 1.12. The van der Waals surface area contributed by atoms with Crippen molar-refractivity contribution in [1.29, 1.82) is 0 Å². The number of hydrogen-bond donors (Lipinski definition) is 2. The van der Waals surface area contributed by atoms with Gasteiger partial charge in [-0.25, -0.2) is 8.78 Å². The molecule has 0 fully saturated rings. The molecule has 3 nitrogen and oxygen atoms in total. The molecule has 1 amide bonds. The Bertz CT molecular complexity index is 399. The number of benzene rings is 1. The van der Waals surface area contributed by atoms with Crippen LogP contribution in [0.2, 0.25) is 0 Å². The summed E-state index contributed by atoms with van der Waals surface area (Å²) in [6, 6.07) is 2.83. The van der Waals surface area contributed by atoms with Gasteiger partial charge >= 0.3 is 0 Å². The van der Waals surface area contributed by atoms with Gasteiger partial charge in [0.15, 0.2) is 11.6 Å². The van der Waals surface area contributed by atoms with Crippen molar-refractivity contribution < 1.29 is 13.6 Å². The molecular formula is C11H15ClF2N2O. The van der Waals surface area contributed by atoms with Crippen LogP contribution in [0.15, 0.2) is 18.2 Å². The van der Waals surface area contributed by atoms with Crippen molar-refractivity contribution in [3.63, 3.8) is 0 Å². The number of halogens is 3. The van der Waals surface area contributed by atoms with E-state index in [1.807, 2.05) is 0 Å². The third kappa shape index (κ3) is 3.94. The summed E-state index contributed by atoms with van der Waals surface area (Å²) in [7, 11) is 0. The van der Waals surface area contributed by atoms with E-state index in [-0.39, 0.29) is 24.0 Å². The van der Waals surface area contributed by atoms with Crippen LogP contribution in [0.25, 0.3) is 0 Å². The first-order chi connectivity index (χ1) is 7.43. The summed E-state index contributed by atoms with van der Waals surface area (Å²) in [6.07, 6.45) is 0. The van der Waals surface area contributed by atoms with Crippen LogP contribution in [0.3, 0.4) is 0 Å². The van der Waals surface area contributed by atoms with Crippen molar-refractivity contribution >= 4 is 24.0 Å². The number of carbonyl (C=O) groups excluding carboxylic acids is 1. The predicted octanol–water partition coefficient (Wildman–Crippen LogP) is 2.31. The van der Waals surface area contributed by atoms with Crippen LogP contribution >= 0.6 is 12.4 Å². The summed E-state index contributed by atoms with van der Waals surface area (Å²) in [5.74, 6) is -2.68. The Morgan fingerprint density at radius 3 is 2.47 bits per heavy atom. The van der Waals surface area contributed by atoms with Gasteiger partial charge < -0.3 is 11.1 Å². The minimum atomic E-state index is -1.08. The molecule has 1 aromatic rings. The van der Waals surface area contributed by atoms with Crippen LogP contribution in [0.5, 0.6) is 0 Å². The summed E-state index contributed by atoms with van der Waals surface area (Å²) in [5, 5.41) is 2.25. The van der Waals surface area contributed by atoms with Crippen molar-refractivity contribution in [2.24, 2.45) is 11.7 Å². The lowest BCUT2D eigenvalue weighted by Gasteiger charge is -2.15. The first-order valence-electron chi connectivity index (χ1n) is 4.94. The molecule has 0 saturated carbocycles. The zero-order chi connectivity index (χ0) is 12.3. The molecule has 0 saturated heterocycles. The molecule has 0 radical (unpaired) electrons. The number of nitrogens with two attached hydrogens (primary N) is 1. The summed E-state index contributed by atoms with van der Waals surface area (Å²) in [5.41, 5.74) is 5.37. The molecule has 0 aliphatic heterocycles. The van der Waals surface area contributed by atoms with Crippen molar-refractivity contribution in [1.82, 2.24) is 0 Å². The van der Waals surface area contributed by atoms with E-state index >= 15 is 0 Å². The largest absolute Gasteiger partial charge is 0.322 e. The second-order valence-electron chi connectivity index (χ2n) is 3.86. The first kappa shape index (κ1) is 15.8. The van der Waals surface area contributed by atoms with E-state index < -0.39 is 23.6 Å². The highest BCUT2D eigenvalue weighted by Crippen LogP contribution is 2.17. The van der Waals surface area contributed by atoms with Crippen LogP contribution in [-0.2, 0) is 4.79 Å². The second-order valence-corrected chi connectivity index (χ2v) is 3.86. The molecule has 0 unspecified atom stereocenters. The molecule has 1 aromatic carbocycles. The predicted molar refractivity (Wildman–Crippen MR) is 65.0 cm³/mol. The molecule has 3 N–H and O–H groups in total. The molecule has 0 aromatic heterocycles. The Hall–Kier alpha value is -1.20. The molecular weight excluding hydrogens is 250 g/mol. The lowest BCUT2D eigenvalue weighted by molar-refractivity contribution is -0.118. The van der Waals surface area contributed by atoms with Crippen molar-refractivity contribution in [3.05, 3.63) is 29.8 Å². The fraction of sp³-hybridized carbons (Fsp3) is 0.364. The highest BCUT2D eigenvalue weighted by molar-refractivity contribution is 5.94. The maximum Gasteiger partial charge on any atom is 0.241 e. The standard InChI is InChI=1S/C11H14F2N2O.ClH/c1-6(2)10(14)11(16)15-8-5-3-4-7(12)9(8)13;/h3-6,10H,14H2,1-2H3,(H,15,16);1H/t10-;/m0./s1. The fourth-order valence-electron chi connectivity index (χ4n) is 1.12. The average Bonchev–Trinajstić information content (AvgIpc) is 2.23. The zero-order valence-electron chi connectivity index (χ0n) is 9.54. The molecule has 0 aliphatic rings. The van der Waals surface area contributed by atoms with E-state index in [4.69, 9.17) is 5.73 Å². The SMILES string of the molecule is CC(C)[C@H](N)C(=O)Nc1cccc(F)c1F.Cl. The van der Waals surface area contributed by atoms with Crippen molar-refractivity contribution in [3.8, 4) is 0 Å². The normalized spacial score (nSPS) is 11.9. The van der Waals surface area contributed by atoms with Gasteiger partial charge in [0, 0.05) is 0 Å². The van der Waals surface area contributed by atoms with Gasteiger partial charge in [-0.15, -0.1) is 12.4 Å². The van der Waals surface area contributed by atoms with Crippen LogP contribution < -0.4 is 11.1 Å². The first-order valence-corrected chi connectivity index (χ1v) is 4.94. The van der Waals surface area contributed by atoms with Crippen LogP contribution in [0, 0.1) is 17.6 Å². The zero-order valence-corrected chi connectivity index (χ0v) is 10.4. The Balaban J connectivity index is 0.00000256. The maximum atomic E-state index is 13.2. The van der Waals surface area contributed by atoms with Crippen molar-refractivity contribution in [2.45, 2.75) is 19.9 Å². The maximum absolute atomic E-state index is 13.2. The molecule has 0 aliphatic carbocycles. The van der Waals surface area contributed by atoms with Crippen LogP contribution in [-0.4, -0.2) is 11.9 Å². The summed E-state index contributed by atoms with van der Waals surface area (Å²) in [4.78, 5) is 11.5. The molecule has 1 rings (SSSR count). The monoisotopic (exact) mass is 264 g/mol. The number of nitrogens with one attached hydrogen (secondary N) is 1. The molecule has 0 heterocycles. The third-order valence-corrected chi connectivity index (χ3v) is 2.23. The lowest BCUT2D eigenvalue weighted by atomic mass is 10.0. The number of hydrogen-bond acceptors (Lipinski definition) is 2. The molecule has 6 heteroatoms. The number of anilines is 1. The summed E-state index contributed by atoms with van der Waals surface area (Å²) >= 11 is 0. The van der Waals surface area contributed by atoms with Gasteiger partial charge in [0.25, 0.3) is 0 Å². The van der Waals surface area contributed by atoms with Gasteiger partial charge in [-0.3, -0.25) is 4.79 Å². The van der Waals surface area contributed by atoms with Gasteiger partial charge in [0.2, 0.25) is 5.91 Å². The number of carbonyl (C=O) groups is 1. The smallest absolute Gasteiger partial charge is 0.241 e. The average molecular weight is 265 g/mol. The summed E-state index contributed by atoms with van der Waals surface area (Å²) in [6.45, 7) is 3.54. The van der Waals surface area contributed by atoms with E-state index in [0.717, 1.165) is 6.07 Å². The van der Waals surface area contributed by atoms with Crippen molar-refractivity contribution in [2.75, 3.05) is 5.32 Å². The highest BCUT2D eigenvalue weighted by Gasteiger charge is 2.19. The summed E-state index contributed by atoms with van der Waals surface area (Å²) < 4.78 is 26.0. The third-order valence-electron chi connectivity index (χ3n) is 2.23. The Kier molecular flexibility index (Phi) is 6.05. The van der Waals surface area contributed by atoms with Crippen LogP contribution in [0.1, 0.15) is 13.8 Å². The molecule has 1 atom stereocenters. The number of rotatable bonds is 3. The van der Waals surface area contributed by atoms with Gasteiger partial charge in [-0.05, 0) is 18.1 Å². The van der Waals surface area contributed by atoms with E-state index in [1.165, 1.54) is 12.1 Å². The molecule has 17 heavy (non-hydrogen) atoms. The van der Waals surface area contributed by atoms with E-state index in [1.54, 1.807) is 13.8 Å². The lowest BCUT2D eigenvalue weighted by Crippen LogP contribution is -2.39. The second kappa shape index (κ2) is 6.51. The minimum Gasteiger partial charge on any atom is -0.322 e. The number of amides is 1. The highest BCUT2D eigenvalue weighted by atomic mass is 35.5. The molecule has 96 valence electrons. The van der Waals surface area contributed by atoms with Gasteiger partial charge in [-0.1, -0.05) is 19.9 Å². The quantitative estimate of drug-likeness (QED) is 0.880. The van der Waals surface area contributed by atoms with Gasteiger partial charge in [0.1, 0.15) is 0 Å². The van der Waals surface area contributed by atoms with Gasteiger partial charge in [0.05, 0.1) is 11.7 Å². The van der Waals surface area contributed by atoms with Crippen LogP contribution in [0.4, 0.5) is 14.5 Å². The minimum absolute atomic E-state index is 0. The topological polar surface area (TPSA) is 55.1 Å².